The van der Waals surface area contributed by atoms with Gasteiger partial charge in [0.05, 0.1) is 10.5 Å². The molecule has 0 heterocycles. The topological polar surface area (TPSA) is 37.3 Å². The molecule has 0 spiro atoms. The fraction of sp³-hybridized carbons (Fsp3) is 0.143. The number of hydrogen-bond donors (Lipinski definition) is 1. The van der Waals surface area contributed by atoms with Crippen LogP contribution in [0.3, 0.4) is 0 Å². The quantitative estimate of drug-likeness (QED) is 0.576. The van der Waals surface area contributed by atoms with E-state index in [0.29, 0.717) is 0 Å². The largest absolute Gasteiger partial charge is 0.416 e. The molecule has 1 aromatic carbocycles. The van der Waals surface area contributed by atoms with E-state index in [-0.39, 0.29) is 23.8 Å². The molecule has 7 heteroatoms. The van der Waals surface area contributed by atoms with Crippen LogP contribution >= 0.6 is 0 Å². The van der Waals surface area contributed by atoms with E-state index in [4.69, 9.17) is 4.55 Å². The second-order valence-electron chi connectivity index (χ2n) is 2.27. The first-order valence-electron chi connectivity index (χ1n) is 3.19. The maximum atomic E-state index is 12.0. The summed E-state index contributed by atoms with van der Waals surface area (Å²) in [5.41, 5.74) is -0.832. The fourth-order valence-corrected chi connectivity index (χ4v) is 1.13. The molecule has 0 aliphatic heterocycles. The molecule has 1 radical (unpaired) electrons. The molecule has 0 aromatic heterocycles. The van der Waals surface area contributed by atoms with Gasteiger partial charge in [-0.1, -0.05) is 0 Å². The molecule has 0 amide bonds. The second kappa shape index (κ2) is 4.98. The minimum Gasteiger partial charge on any atom is -0.302 e. The van der Waals surface area contributed by atoms with E-state index in [1.807, 2.05) is 0 Å². The molecule has 0 bridgehead atoms. The van der Waals surface area contributed by atoms with Gasteiger partial charge in [-0.3, -0.25) is 0 Å². The summed E-state index contributed by atoms with van der Waals surface area (Å²) in [5.74, 6) is 0. The summed E-state index contributed by atoms with van der Waals surface area (Å²) in [6.07, 6.45) is -4.41. The number of hydrogen-bond acceptors (Lipinski definition) is 1. The molecule has 1 rings (SSSR count). The normalized spacial score (nSPS) is 13.1. The zero-order chi connectivity index (χ0) is 10.1. The van der Waals surface area contributed by atoms with Gasteiger partial charge in [-0.15, -0.1) is 0 Å². The molecule has 1 atom stereocenters. The van der Waals surface area contributed by atoms with E-state index in [2.05, 4.69) is 0 Å². The maximum absolute atomic E-state index is 12.0. The average molecular weight is 217 g/mol. The second-order valence-corrected chi connectivity index (χ2v) is 3.24. The molecule has 0 saturated carbocycles. The fourth-order valence-electron chi connectivity index (χ4n) is 0.760. The Hall–Kier alpha value is -0.283. The van der Waals surface area contributed by atoms with Crippen LogP contribution in [0.4, 0.5) is 13.2 Å². The summed E-state index contributed by atoms with van der Waals surface area (Å²) in [5, 5.41) is 0. The van der Waals surface area contributed by atoms with Crippen LogP contribution in [0.15, 0.2) is 29.2 Å². The molecule has 0 fully saturated rings. The molecule has 1 aromatic rings. The Morgan fingerprint density at radius 3 is 1.86 bits per heavy atom. The molecular formula is C7H5F3LiO2S. The van der Waals surface area contributed by atoms with Gasteiger partial charge in [-0.2, -0.15) is 13.2 Å². The monoisotopic (exact) mass is 217 g/mol. The summed E-state index contributed by atoms with van der Waals surface area (Å²) in [6, 6.07) is 3.48. The van der Waals surface area contributed by atoms with Gasteiger partial charge in [-0.25, -0.2) is 4.21 Å². The van der Waals surface area contributed by atoms with Crippen molar-refractivity contribution in [1.82, 2.24) is 0 Å². The zero-order valence-electron chi connectivity index (χ0n) is 7.21. The summed E-state index contributed by atoms with van der Waals surface area (Å²) in [4.78, 5) is -0.0481. The first-order valence-corrected chi connectivity index (χ1v) is 4.30. The molecule has 0 aliphatic carbocycles. The van der Waals surface area contributed by atoms with Gasteiger partial charge in [0.1, 0.15) is 0 Å². The van der Waals surface area contributed by atoms with E-state index in [1.165, 1.54) is 0 Å². The Morgan fingerprint density at radius 2 is 1.57 bits per heavy atom. The van der Waals surface area contributed by atoms with Gasteiger partial charge in [0, 0.05) is 18.9 Å². The minimum atomic E-state index is -4.41. The molecule has 2 nitrogen and oxygen atoms in total. The van der Waals surface area contributed by atoms with Crippen LogP contribution in [0.1, 0.15) is 5.56 Å². The van der Waals surface area contributed by atoms with Crippen molar-refractivity contribution >= 4 is 29.9 Å². The van der Waals surface area contributed by atoms with Crippen molar-refractivity contribution in [3.05, 3.63) is 29.8 Å². The number of rotatable bonds is 1. The van der Waals surface area contributed by atoms with Crippen molar-refractivity contribution in [2.45, 2.75) is 11.1 Å². The van der Waals surface area contributed by atoms with E-state index in [0.717, 1.165) is 24.3 Å². The van der Waals surface area contributed by atoms with Crippen LogP contribution in [0.2, 0.25) is 0 Å². The maximum Gasteiger partial charge on any atom is 0.416 e. The van der Waals surface area contributed by atoms with Crippen molar-refractivity contribution in [2.24, 2.45) is 0 Å². The van der Waals surface area contributed by atoms with Gasteiger partial charge < -0.3 is 4.55 Å². The summed E-state index contributed by atoms with van der Waals surface area (Å²) in [6.45, 7) is 0. The van der Waals surface area contributed by atoms with Crippen molar-refractivity contribution in [2.75, 3.05) is 0 Å². The van der Waals surface area contributed by atoms with E-state index in [1.54, 1.807) is 0 Å². The average Bonchev–Trinajstić information content (AvgIpc) is 2.03. The van der Waals surface area contributed by atoms with Crippen molar-refractivity contribution in [1.29, 1.82) is 0 Å². The number of alkyl halides is 3. The van der Waals surface area contributed by atoms with Crippen molar-refractivity contribution in [3.8, 4) is 0 Å². The van der Waals surface area contributed by atoms with Crippen LogP contribution in [0.5, 0.6) is 0 Å². The number of benzene rings is 1. The van der Waals surface area contributed by atoms with Gasteiger partial charge in [0.15, 0.2) is 11.1 Å². The Bertz CT molecular complexity index is 323. The predicted octanol–water partition coefficient (Wildman–Crippen LogP) is 1.91. The van der Waals surface area contributed by atoms with Crippen LogP contribution in [-0.2, 0) is 17.3 Å². The standard InChI is InChI=1S/C7H5F3O2S.Li/c8-7(9,10)5-1-3-6(4-2-5)13(11)12;/h1-4H,(H,11,12);. The Kier molecular flexibility index (Phi) is 4.88. The van der Waals surface area contributed by atoms with Crippen LogP contribution in [0.25, 0.3) is 0 Å². The SMILES string of the molecule is O=S(O)c1ccc(C(F)(F)F)cc1.[Li]. The van der Waals surface area contributed by atoms with Gasteiger partial charge >= 0.3 is 6.18 Å². The van der Waals surface area contributed by atoms with Gasteiger partial charge in [-0.05, 0) is 24.3 Å². The van der Waals surface area contributed by atoms with Crippen LogP contribution in [0, 0.1) is 0 Å². The van der Waals surface area contributed by atoms with Gasteiger partial charge in [0.2, 0.25) is 0 Å². The van der Waals surface area contributed by atoms with Crippen LogP contribution < -0.4 is 0 Å². The Morgan fingerprint density at radius 1 is 1.14 bits per heavy atom. The zero-order valence-corrected chi connectivity index (χ0v) is 8.02. The van der Waals surface area contributed by atoms with Crippen molar-refractivity contribution < 1.29 is 21.9 Å². The Labute approximate surface area is 93.0 Å². The van der Waals surface area contributed by atoms with Crippen molar-refractivity contribution in [3.63, 3.8) is 0 Å². The van der Waals surface area contributed by atoms with Gasteiger partial charge in [0.25, 0.3) is 0 Å². The molecule has 73 valence electrons. The predicted molar refractivity (Wildman–Crippen MR) is 46.2 cm³/mol. The van der Waals surface area contributed by atoms with Crippen LogP contribution in [-0.4, -0.2) is 27.6 Å². The molecule has 0 aliphatic rings. The first-order chi connectivity index (χ1) is 5.91. The summed E-state index contributed by atoms with van der Waals surface area (Å²) in [7, 11) is 0. The van der Waals surface area contributed by atoms with E-state index >= 15 is 0 Å². The molecular weight excluding hydrogens is 212 g/mol. The Balaban J connectivity index is 0.00000169. The van der Waals surface area contributed by atoms with E-state index in [9.17, 15) is 17.4 Å². The molecule has 1 N–H and O–H groups in total. The molecule has 0 saturated heterocycles. The van der Waals surface area contributed by atoms with E-state index < -0.39 is 22.8 Å². The first kappa shape index (κ1) is 13.7. The summed E-state index contributed by atoms with van der Waals surface area (Å²) >= 11 is -2.23. The third kappa shape index (κ3) is 3.46. The number of halogens is 3. The molecule has 1 unspecified atom stereocenters. The smallest absolute Gasteiger partial charge is 0.302 e. The third-order valence-corrected chi connectivity index (χ3v) is 2.06. The molecule has 14 heavy (non-hydrogen) atoms. The summed E-state index contributed by atoms with van der Waals surface area (Å²) < 4.78 is 54.8. The third-order valence-electron chi connectivity index (χ3n) is 1.38. The minimum absolute atomic E-state index is 0.